The van der Waals surface area contributed by atoms with Gasteiger partial charge in [0.2, 0.25) is 5.95 Å². The Morgan fingerprint density at radius 1 is 1.12 bits per heavy atom. The molecule has 0 aliphatic heterocycles. The zero-order chi connectivity index (χ0) is 18.5. The van der Waals surface area contributed by atoms with E-state index in [1.807, 2.05) is 19.9 Å². The van der Waals surface area contributed by atoms with Gasteiger partial charge in [-0.25, -0.2) is 19.3 Å². The van der Waals surface area contributed by atoms with Crippen LogP contribution in [-0.4, -0.2) is 27.4 Å². The number of aromatic nitrogens is 3. The van der Waals surface area contributed by atoms with Crippen molar-refractivity contribution in [2.45, 2.75) is 20.3 Å². The molecule has 0 saturated carbocycles. The number of rotatable bonds is 6. The summed E-state index contributed by atoms with van der Waals surface area (Å²) in [6.07, 6.45) is 0.623. The highest BCUT2D eigenvalue weighted by Gasteiger charge is 2.11. The first-order chi connectivity index (χ1) is 12.5. The number of nitrogens with one attached hydrogen (secondary N) is 2. The predicted molar refractivity (Wildman–Crippen MR) is 99.3 cm³/mol. The molecule has 0 bridgehead atoms. The van der Waals surface area contributed by atoms with Crippen LogP contribution in [0.5, 0.6) is 0 Å². The first-order valence-corrected chi connectivity index (χ1v) is 8.95. The molecule has 26 heavy (non-hydrogen) atoms. The van der Waals surface area contributed by atoms with Crippen molar-refractivity contribution < 1.29 is 9.18 Å². The summed E-state index contributed by atoms with van der Waals surface area (Å²) in [6, 6.07) is 8.11. The van der Waals surface area contributed by atoms with Gasteiger partial charge in [-0.05, 0) is 44.0 Å². The van der Waals surface area contributed by atoms with Crippen LogP contribution < -0.4 is 10.6 Å². The van der Waals surface area contributed by atoms with Gasteiger partial charge in [-0.2, -0.15) is 0 Å². The van der Waals surface area contributed by atoms with E-state index < -0.39 is 0 Å². The molecule has 0 aliphatic carbocycles. The molecule has 0 unspecified atom stereocenters. The van der Waals surface area contributed by atoms with Gasteiger partial charge in [0.1, 0.15) is 11.5 Å². The Kier molecular flexibility index (Phi) is 5.52. The van der Waals surface area contributed by atoms with Crippen LogP contribution in [-0.2, 0) is 6.42 Å². The molecule has 0 atom stereocenters. The SMILES string of the molecule is Cc1cc(C)nc(Nc2nc(C(=O)NCCc3ccc(F)cc3)cs2)n1. The van der Waals surface area contributed by atoms with Crippen molar-refractivity contribution in [3.05, 3.63) is 64.2 Å². The van der Waals surface area contributed by atoms with E-state index in [0.717, 1.165) is 17.0 Å². The molecule has 3 rings (SSSR count). The van der Waals surface area contributed by atoms with Crippen LogP contribution in [0.15, 0.2) is 35.7 Å². The molecule has 2 N–H and O–H groups in total. The molecule has 1 aromatic carbocycles. The zero-order valence-electron chi connectivity index (χ0n) is 14.4. The van der Waals surface area contributed by atoms with E-state index in [1.54, 1.807) is 17.5 Å². The fourth-order valence-electron chi connectivity index (χ4n) is 2.37. The van der Waals surface area contributed by atoms with Gasteiger partial charge in [-0.15, -0.1) is 11.3 Å². The van der Waals surface area contributed by atoms with Crippen molar-refractivity contribution in [3.63, 3.8) is 0 Å². The van der Waals surface area contributed by atoms with Gasteiger partial charge in [0.25, 0.3) is 5.91 Å². The Hall–Kier alpha value is -2.87. The number of thiazole rings is 1. The molecule has 0 spiro atoms. The third-order valence-corrected chi connectivity index (χ3v) is 4.31. The normalized spacial score (nSPS) is 10.6. The highest BCUT2D eigenvalue weighted by Crippen LogP contribution is 2.19. The molecule has 6 nitrogen and oxygen atoms in total. The number of amides is 1. The van der Waals surface area contributed by atoms with E-state index in [9.17, 15) is 9.18 Å². The third kappa shape index (κ3) is 4.82. The van der Waals surface area contributed by atoms with Gasteiger partial charge >= 0.3 is 0 Å². The minimum atomic E-state index is -0.270. The largest absolute Gasteiger partial charge is 0.350 e. The lowest BCUT2D eigenvalue weighted by Gasteiger charge is -2.04. The maximum Gasteiger partial charge on any atom is 0.270 e. The molecule has 134 valence electrons. The van der Waals surface area contributed by atoms with Gasteiger partial charge in [0, 0.05) is 23.3 Å². The number of aryl methyl sites for hydroxylation is 2. The fourth-order valence-corrected chi connectivity index (χ4v) is 3.06. The van der Waals surface area contributed by atoms with Crippen LogP contribution in [0.2, 0.25) is 0 Å². The van der Waals surface area contributed by atoms with E-state index in [-0.39, 0.29) is 11.7 Å². The van der Waals surface area contributed by atoms with Crippen LogP contribution >= 0.6 is 11.3 Å². The first kappa shape index (κ1) is 17.9. The van der Waals surface area contributed by atoms with Crippen molar-refractivity contribution in [1.29, 1.82) is 0 Å². The van der Waals surface area contributed by atoms with E-state index in [0.29, 0.717) is 29.7 Å². The number of hydrogen-bond acceptors (Lipinski definition) is 6. The van der Waals surface area contributed by atoms with Crippen LogP contribution in [0.3, 0.4) is 0 Å². The summed E-state index contributed by atoms with van der Waals surface area (Å²) in [7, 11) is 0. The Morgan fingerprint density at radius 3 is 2.50 bits per heavy atom. The highest BCUT2D eigenvalue weighted by molar-refractivity contribution is 7.14. The number of halogens is 1. The number of carbonyl (C=O) groups excluding carboxylic acids is 1. The smallest absolute Gasteiger partial charge is 0.270 e. The predicted octanol–water partition coefficient (Wildman–Crippen LogP) is 3.41. The van der Waals surface area contributed by atoms with Gasteiger partial charge < -0.3 is 10.6 Å². The lowest BCUT2D eigenvalue weighted by atomic mass is 10.1. The topological polar surface area (TPSA) is 79.8 Å². The average molecular weight is 371 g/mol. The molecule has 1 amide bonds. The molecular weight excluding hydrogens is 353 g/mol. The van der Waals surface area contributed by atoms with Crippen molar-refractivity contribution in [3.8, 4) is 0 Å². The van der Waals surface area contributed by atoms with Crippen LogP contribution in [0.1, 0.15) is 27.4 Å². The quantitative estimate of drug-likeness (QED) is 0.694. The molecule has 0 saturated heterocycles. The van der Waals surface area contributed by atoms with Crippen molar-refractivity contribution in [2.75, 3.05) is 11.9 Å². The summed E-state index contributed by atoms with van der Waals surface area (Å²) in [4.78, 5) is 25.0. The van der Waals surface area contributed by atoms with E-state index in [2.05, 4.69) is 25.6 Å². The zero-order valence-corrected chi connectivity index (χ0v) is 15.2. The van der Waals surface area contributed by atoms with Crippen molar-refractivity contribution in [1.82, 2.24) is 20.3 Å². The van der Waals surface area contributed by atoms with Gasteiger partial charge in [0.15, 0.2) is 5.13 Å². The summed E-state index contributed by atoms with van der Waals surface area (Å²) in [6.45, 7) is 4.23. The second-order valence-corrected chi connectivity index (χ2v) is 6.63. The molecular formula is C18H18FN5OS. The Bertz CT molecular complexity index is 890. The van der Waals surface area contributed by atoms with E-state index in [4.69, 9.17) is 0 Å². The Labute approximate surface area is 154 Å². The summed E-state index contributed by atoms with van der Waals surface area (Å²) >= 11 is 1.31. The third-order valence-electron chi connectivity index (χ3n) is 3.55. The van der Waals surface area contributed by atoms with Gasteiger partial charge in [-0.1, -0.05) is 12.1 Å². The van der Waals surface area contributed by atoms with Crippen LogP contribution in [0.25, 0.3) is 0 Å². The lowest BCUT2D eigenvalue weighted by Crippen LogP contribution is -2.26. The Balaban J connectivity index is 1.54. The molecule has 0 aliphatic rings. The number of anilines is 2. The number of benzene rings is 1. The minimum absolute atomic E-state index is 0.252. The second kappa shape index (κ2) is 8.01. The van der Waals surface area contributed by atoms with E-state index >= 15 is 0 Å². The maximum atomic E-state index is 12.9. The molecule has 0 radical (unpaired) electrons. The standard InChI is InChI=1S/C18H18FN5OS/c1-11-9-12(2)22-17(21-11)24-18-23-15(10-26-18)16(25)20-8-7-13-3-5-14(19)6-4-13/h3-6,9-10H,7-8H2,1-2H3,(H,20,25)(H,21,22,23,24). The molecule has 2 heterocycles. The summed E-state index contributed by atoms with van der Waals surface area (Å²) in [5.74, 6) is -0.0639. The summed E-state index contributed by atoms with van der Waals surface area (Å²) < 4.78 is 12.9. The Morgan fingerprint density at radius 2 is 1.81 bits per heavy atom. The minimum Gasteiger partial charge on any atom is -0.350 e. The number of hydrogen-bond donors (Lipinski definition) is 2. The average Bonchev–Trinajstić information content (AvgIpc) is 3.04. The second-order valence-electron chi connectivity index (χ2n) is 5.77. The molecule has 2 aromatic heterocycles. The summed E-state index contributed by atoms with van der Waals surface area (Å²) in [5.41, 5.74) is 3.01. The van der Waals surface area contributed by atoms with E-state index in [1.165, 1.54) is 23.5 Å². The monoisotopic (exact) mass is 371 g/mol. The van der Waals surface area contributed by atoms with Gasteiger partial charge in [-0.3, -0.25) is 4.79 Å². The summed E-state index contributed by atoms with van der Waals surface area (Å²) in [5, 5.41) is 8.06. The number of nitrogens with zero attached hydrogens (tertiary/aromatic N) is 3. The lowest BCUT2D eigenvalue weighted by molar-refractivity contribution is 0.0950. The van der Waals surface area contributed by atoms with Crippen molar-refractivity contribution >= 4 is 28.3 Å². The highest BCUT2D eigenvalue weighted by atomic mass is 32.1. The molecule has 8 heteroatoms. The first-order valence-electron chi connectivity index (χ1n) is 8.07. The fraction of sp³-hybridized carbons (Fsp3) is 0.222. The molecule has 3 aromatic rings. The number of carbonyl (C=O) groups is 1. The molecule has 0 fully saturated rings. The maximum absolute atomic E-state index is 12.9. The van der Waals surface area contributed by atoms with Gasteiger partial charge in [0.05, 0.1) is 0 Å². The van der Waals surface area contributed by atoms with Crippen LogP contribution in [0, 0.1) is 19.7 Å². The van der Waals surface area contributed by atoms with Crippen molar-refractivity contribution in [2.24, 2.45) is 0 Å². The van der Waals surface area contributed by atoms with Crippen LogP contribution in [0.4, 0.5) is 15.5 Å².